The molecule has 1 aromatic carbocycles. The lowest BCUT2D eigenvalue weighted by molar-refractivity contribution is -0.152. The first kappa shape index (κ1) is 24.0. The average molecular weight is 501 g/mol. The number of hydrogen-bond donors (Lipinski definition) is 1. The van der Waals surface area contributed by atoms with E-state index >= 15 is 0 Å². The zero-order chi connectivity index (χ0) is 24.6. The third-order valence-corrected chi connectivity index (χ3v) is 7.68. The van der Waals surface area contributed by atoms with Gasteiger partial charge in [0.1, 0.15) is 24.2 Å². The Bertz CT molecular complexity index is 1070. The van der Waals surface area contributed by atoms with Crippen LogP contribution in [0.3, 0.4) is 0 Å². The number of benzene rings is 1. The molecule has 4 heterocycles. The first-order valence-corrected chi connectivity index (χ1v) is 12.5. The minimum Gasteiger partial charge on any atom is -0.461 e. The number of ether oxygens (including phenoxy) is 2. The highest BCUT2D eigenvalue weighted by atomic mass is 35.5. The number of hydrogen-bond acceptors (Lipinski definition) is 6. The zero-order valence-electron chi connectivity index (χ0n) is 19.3. The molecule has 2 fully saturated rings. The van der Waals surface area contributed by atoms with E-state index in [2.05, 4.69) is 0 Å². The second kappa shape index (κ2) is 9.76. The van der Waals surface area contributed by atoms with Crippen LogP contribution < -0.4 is 4.90 Å². The van der Waals surface area contributed by atoms with Gasteiger partial charge in [0.05, 0.1) is 22.7 Å². The Morgan fingerprint density at radius 2 is 1.86 bits per heavy atom. The Morgan fingerprint density at radius 1 is 1.06 bits per heavy atom. The molecule has 4 aliphatic rings. The number of anilines is 1. The molecule has 1 spiro atoms. The van der Waals surface area contributed by atoms with Gasteiger partial charge in [-0.05, 0) is 31.1 Å². The fraction of sp³-hybridized carbons (Fsp3) is 0.500. The van der Waals surface area contributed by atoms with E-state index in [1.54, 1.807) is 46.2 Å². The molecule has 0 saturated carbocycles. The SMILES string of the molecule is O=C1OCC=C[C@H]2O[C@]34C=CCN(c5ccccc5Cl)C(=O)C3N(CCCCCCO)C(=O)[C@@H]4[C@@H]12. The van der Waals surface area contributed by atoms with Crippen molar-refractivity contribution in [3.63, 3.8) is 0 Å². The molecule has 5 atom stereocenters. The van der Waals surface area contributed by atoms with Crippen LogP contribution in [-0.2, 0) is 23.9 Å². The highest BCUT2D eigenvalue weighted by Gasteiger charge is 2.71. The van der Waals surface area contributed by atoms with Gasteiger partial charge in [-0.15, -0.1) is 0 Å². The number of para-hydroxylation sites is 1. The third kappa shape index (κ3) is 3.97. The number of likely N-dealkylation sites (tertiary alicyclic amines) is 1. The molecule has 2 amide bonds. The van der Waals surface area contributed by atoms with E-state index in [-0.39, 0.29) is 31.6 Å². The van der Waals surface area contributed by atoms with E-state index in [0.29, 0.717) is 30.1 Å². The van der Waals surface area contributed by atoms with Crippen molar-refractivity contribution in [2.75, 3.05) is 31.2 Å². The summed E-state index contributed by atoms with van der Waals surface area (Å²) in [6.07, 6.45) is 9.47. The molecule has 0 radical (unpaired) electrons. The predicted molar refractivity (Wildman–Crippen MR) is 129 cm³/mol. The minimum atomic E-state index is -1.27. The van der Waals surface area contributed by atoms with Crippen molar-refractivity contribution in [1.82, 2.24) is 4.90 Å². The summed E-state index contributed by atoms with van der Waals surface area (Å²) in [5.41, 5.74) is -0.711. The van der Waals surface area contributed by atoms with E-state index in [1.807, 2.05) is 12.1 Å². The Kier molecular flexibility index (Phi) is 6.70. The largest absolute Gasteiger partial charge is 0.461 e. The molecule has 4 aliphatic heterocycles. The summed E-state index contributed by atoms with van der Waals surface area (Å²) in [5, 5.41) is 9.50. The summed E-state index contributed by atoms with van der Waals surface area (Å²) in [5.74, 6) is -2.70. The van der Waals surface area contributed by atoms with E-state index in [0.717, 1.165) is 12.8 Å². The number of aliphatic hydroxyl groups is 1. The van der Waals surface area contributed by atoms with Crippen LogP contribution in [0.5, 0.6) is 0 Å². The van der Waals surface area contributed by atoms with Gasteiger partial charge < -0.3 is 24.4 Å². The maximum Gasteiger partial charge on any atom is 0.313 e. The van der Waals surface area contributed by atoms with Crippen molar-refractivity contribution in [3.8, 4) is 0 Å². The summed E-state index contributed by atoms with van der Waals surface area (Å²) < 4.78 is 11.8. The van der Waals surface area contributed by atoms with Crippen LogP contribution >= 0.6 is 11.6 Å². The lowest BCUT2D eigenvalue weighted by atomic mass is 9.78. The van der Waals surface area contributed by atoms with Crippen LogP contribution in [0, 0.1) is 11.8 Å². The van der Waals surface area contributed by atoms with Crippen molar-refractivity contribution in [2.24, 2.45) is 11.8 Å². The van der Waals surface area contributed by atoms with Gasteiger partial charge >= 0.3 is 5.97 Å². The van der Waals surface area contributed by atoms with Gasteiger partial charge in [-0.1, -0.05) is 54.8 Å². The van der Waals surface area contributed by atoms with Crippen LogP contribution in [0.1, 0.15) is 25.7 Å². The zero-order valence-corrected chi connectivity index (χ0v) is 20.1. The number of carbonyl (C=O) groups is 3. The molecule has 1 aromatic rings. The molecule has 5 rings (SSSR count). The van der Waals surface area contributed by atoms with Crippen LogP contribution in [-0.4, -0.2) is 71.8 Å². The lowest BCUT2D eigenvalue weighted by Crippen LogP contribution is -2.55. The number of cyclic esters (lactones) is 1. The van der Waals surface area contributed by atoms with Crippen LogP contribution in [0.15, 0.2) is 48.6 Å². The molecule has 2 saturated heterocycles. The van der Waals surface area contributed by atoms with Crippen molar-refractivity contribution in [1.29, 1.82) is 0 Å². The van der Waals surface area contributed by atoms with Gasteiger partial charge in [0.2, 0.25) is 5.91 Å². The number of halogens is 1. The fourth-order valence-corrected chi connectivity index (χ4v) is 6.08. The first-order valence-electron chi connectivity index (χ1n) is 12.2. The second-order valence-electron chi connectivity index (χ2n) is 9.37. The quantitative estimate of drug-likeness (QED) is 0.351. The molecule has 8 nitrogen and oxygen atoms in total. The molecule has 1 unspecified atom stereocenters. The maximum atomic E-state index is 14.1. The van der Waals surface area contributed by atoms with Crippen LogP contribution in [0.25, 0.3) is 0 Å². The van der Waals surface area contributed by atoms with Gasteiger partial charge in [-0.25, -0.2) is 0 Å². The number of aliphatic hydroxyl groups excluding tert-OH is 1. The number of unbranched alkanes of at least 4 members (excludes halogenated alkanes) is 3. The molecule has 0 bridgehead atoms. The van der Waals surface area contributed by atoms with Gasteiger partial charge in [-0.3, -0.25) is 14.4 Å². The summed E-state index contributed by atoms with van der Waals surface area (Å²) in [4.78, 5) is 44.1. The molecular formula is C26H29ClN2O6. The van der Waals surface area contributed by atoms with Gasteiger partial charge in [-0.2, -0.15) is 0 Å². The van der Waals surface area contributed by atoms with E-state index in [1.165, 1.54) is 0 Å². The molecule has 0 aliphatic carbocycles. The predicted octanol–water partition coefficient (Wildman–Crippen LogP) is 2.49. The van der Waals surface area contributed by atoms with Gasteiger partial charge in [0, 0.05) is 19.7 Å². The Morgan fingerprint density at radius 3 is 2.66 bits per heavy atom. The average Bonchev–Trinajstić information content (AvgIpc) is 3.14. The summed E-state index contributed by atoms with van der Waals surface area (Å²) in [6.45, 7) is 0.884. The Labute approximate surface area is 209 Å². The Hall–Kier alpha value is -2.68. The number of nitrogens with zero attached hydrogens (tertiary/aromatic N) is 2. The van der Waals surface area contributed by atoms with Crippen LogP contribution in [0.2, 0.25) is 5.02 Å². The molecule has 35 heavy (non-hydrogen) atoms. The van der Waals surface area contributed by atoms with Gasteiger partial charge in [0.25, 0.3) is 5.91 Å². The van der Waals surface area contributed by atoms with Crippen molar-refractivity contribution >= 4 is 35.1 Å². The van der Waals surface area contributed by atoms with E-state index < -0.39 is 35.6 Å². The van der Waals surface area contributed by atoms with E-state index in [4.69, 9.17) is 26.2 Å². The molecule has 0 aromatic heterocycles. The summed E-state index contributed by atoms with van der Waals surface area (Å²) in [7, 11) is 0. The highest BCUT2D eigenvalue weighted by molar-refractivity contribution is 6.34. The van der Waals surface area contributed by atoms with Crippen LogP contribution in [0.4, 0.5) is 5.69 Å². The number of fused-ring (bicyclic) bond motifs is 2. The summed E-state index contributed by atoms with van der Waals surface area (Å²) in [6, 6.07) is 6.18. The number of esters is 1. The number of amides is 2. The normalized spacial score (nSPS) is 31.7. The second-order valence-corrected chi connectivity index (χ2v) is 9.78. The molecular weight excluding hydrogens is 472 g/mol. The topological polar surface area (TPSA) is 96.4 Å². The highest BCUT2D eigenvalue weighted by Crippen LogP contribution is 2.53. The van der Waals surface area contributed by atoms with E-state index in [9.17, 15) is 14.4 Å². The van der Waals surface area contributed by atoms with Crippen molar-refractivity contribution in [2.45, 2.75) is 43.4 Å². The Balaban J connectivity index is 1.54. The van der Waals surface area contributed by atoms with Crippen molar-refractivity contribution in [3.05, 3.63) is 53.6 Å². The number of carbonyl (C=O) groups excluding carboxylic acids is 3. The number of rotatable bonds is 7. The molecule has 186 valence electrons. The third-order valence-electron chi connectivity index (χ3n) is 7.36. The first-order chi connectivity index (χ1) is 17.0. The molecule has 1 N–H and O–H groups in total. The van der Waals surface area contributed by atoms with Crippen molar-refractivity contribution < 1.29 is 29.0 Å². The summed E-state index contributed by atoms with van der Waals surface area (Å²) >= 11 is 6.44. The molecule has 9 heteroatoms. The maximum absolute atomic E-state index is 14.1. The monoisotopic (exact) mass is 500 g/mol. The van der Waals surface area contributed by atoms with Gasteiger partial charge in [0.15, 0.2) is 0 Å². The standard InChI is InChI=1S/C26H29ClN2O6/c27-17-9-3-4-10-18(17)28-14-8-12-26-21(20-19(35-26)11-7-16-34-25(20)33)23(31)29(22(26)24(28)32)13-5-1-2-6-15-30/h3-4,7-12,19-22,30H,1-2,5-6,13-16H2/t19-,20+,21+,22?,26+/m1/s1. The smallest absolute Gasteiger partial charge is 0.313 e. The lowest BCUT2D eigenvalue weighted by Gasteiger charge is -2.35. The minimum absolute atomic E-state index is 0.124. The fourth-order valence-electron chi connectivity index (χ4n) is 5.84.